The van der Waals surface area contributed by atoms with E-state index in [2.05, 4.69) is 20.9 Å². The number of aliphatic hydroxyl groups excluding tert-OH is 1. The largest absolute Gasteiger partial charge is 0.393 e. The van der Waals surface area contributed by atoms with E-state index >= 15 is 0 Å². The van der Waals surface area contributed by atoms with E-state index < -0.39 is 0 Å². The quantitative estimate of drug-likeness (QED) is 0.633. The molecule has 3 N–H and O–H groups in total. The van der Waals surface area contributed by atoms with Crippen molar-refractivity contribution in [3.63, 3.8) is 0 Å². The van der Waals surface area contributed by atoms with Crippen molar-refractivity contribution in [2.45, 2.75) is 25.0 Å². The number of aromatic nitrogens is 3. The first-order valence-corrected chi connectivity index (χ1v) is 6.31. The van der Waals surface area contributed by atoms with Gasteiger partial charge in [-0.3, -0.25) is 4.79 Å². The van der Waals surface area contributed by atoms with E-state index in [0.29, 0.717) is 24.2 Å². The number of aliphatic hydroxyl groups is 1. The predicted octanol–water partition coefficient (Wildman–Crippen LogP) is -1.08. The van der Waals surface area contributed by atoms with Crippen molar-refractivity contribution < 1.29 is 9.90 Å². The summed E-state index contributed by atoms with van der Waals surface area (Å²) >= 11 is 0. The zero-order chi connectivity index (χ0) is 12.5. The fourth-order valence-corrected chi connectivity index (χ4v) is 2.21. The first-order valence-electron chi connectivity index (χ1n) is 6.31. The van der Waals surface area contributed by atoms with Gasteiger partial charge in [-0.05, 0) is 18.8 Å². The van der Waals surface area contributed by atoms with E-state index in [9.17, 15) is 4.79 Å². The second-order valence-corrected chi connectivity index (χ2v) is 5.10. The number of hydrogen-bond donors (Lipinski definition) is 3. The zero-order valence-corrected chi connectivity index (χ0v) is 10.0. The van der Waals surface area contributed by atoms with Gasteiger partial charge in [0.05, 0.1) is 18.3 Å². The molecule has 2 aliphatic rings. The van der Waals surface area contributed by atoms with E-state index in [1.165, 1.54) is 0 Å². The van der Waals surface area contributed by atoms with Gasteiger partial charge < -0.3 is 15.7 Å². The first-order chi connectivity index (χ1) is 8.72. The van der Waals surface area contributed by atoms with Gasteiger partial charge in [-0.25, -0.2) is 4.68 Å². The van der Waals surface area contributed by atoms with Crippen LogP contribution in [-0.2, 0) is 0 Å². The van der Waals surface area contributed by atoms with Gasteiger partial charge in [-0.1, -0.05) is 5.21 Å². The minimum absolute atomic E-state index is 0.182. The van der Waals surface area contributed by atoms with Gasteiger partial charge in [0, 0.05) is 19.6 Å². The zero-order valence-electron chi connectivity index (χ0n) is 10.0. The standard InChI is InChI=1S/C11H17N5O2/c17-9-1-7(2-9)3-13-11(18)10-6-16(15-14-10)8-4-12-5-8/h6-9,12,17H,1-5H2,(H,13,18). The molecule has 1 saturated heterocycles. The van der Waals surface area contributed by atoms with Crippen LogP contribution in [0.5, 0.6) is 0 Å². The molecule has 1 aliphatic carbocycles. The summed E-state index contributed by atoms with van der Waals surface area (Å²) in [5.41, 5.74) is 0.363. The highest BCUT2D eigenvalue weighted by Crippen LogP contribution is 2.26. The van der Waals surface area contributed by atoms with Crippen molar-refractivity contribution in [2.75, 3.05) is 19.6 Å². The molecule has 0 radical (unpaired) electrons. The lowest BCUT2D eigenvalue weighted by Crippen LogP contribution is -2.43. The fraction of sp³-hybridized carbons (Fsp3) is 0.727. The van der Waals surface area contributed by atoms with Gasteiger partial charge in [0.25, 0.3) is 5.91 Å². The predicted molar refractivity (Wildman–Crippen MR) is 63.0 cm³/mol. The summed E-state index contributed by atoms with van der Waals surface area (Å²) in [7, 11) is 0. The topological polar surface area (TPSA) is 92.1 Å². The molecule has 7 nitrogen and oxygen atoms in total. The van der Waals surface area contributed by atoms with E-state index in [-0.39, 0.29) is 12.0 Å². The number of carbonyl (C=O) groups excluding carboxylic acids is 1. The molecule has 0 spiro atoms. The van der Waals surface area contributed by atoms with Crippen LogP contribution in [0.25, 0.3) is 0 Å². The average molecular weight is 251 g/mol. The Bertz CT molecular complexity index is 436. The number of carbonyl (C=O) groups is 1. The lowest BCUT2D eigenvalue weighted by molar-refractivity contribution is 0.0419. The molecule has 0 unspecified atom stereocenters. The summed E-state index contributed by atoms with van der Waals surface area (Å²) in [6, 6.07) is 0.320. The monoisotopic (exact) mass is 251 g/mol. The Kier molecular flexibility index (Phi) is 3.00. The molecule has 1 aliphatic heterocycles. The van der Waals surface area contributed by atoms with Gasteiger partial charge in [0.2, 0.25) is 0 Å². The molecule has 0 atom stereocenters. The Balaban J connectivity index is 1.50. The Hall–Kier alpha value is -1.47. The summed E-state index contributed by atoms with van der Waals surface area (Å²) in [4.78, 5) is 11.8. The Morgan fingerprint density at radius 2 is 2.33 bits per heavy atom. The third-order valence-electron chi connectivity index (χ3n) is 3.64. The van der Waals surface area contributed by atoms with Gasteiger partial charge in [-0.2, -0.15) is 0 Å². The Morgan fingerprint density at radius 3 is 2.94 bits per heavy atom. The highest BCUT2D eigenvalue weighted by molar-refractivity contribution is 5.91. The van der Waals surface area contributed by atoms with Crippen LogP contribution in [-0.4, -0.2) is 51.7 Å². The summed E-state index contributed by atoms with van der Waals surface area (Å²) in [5.74, 6) is 0.213. The van der Waals surface area contributed by atoms with Crippen LogP contribution in [0.1, 0.15) is 29.4 Å². The van der Waals surface area contributed by atoms with Gasteiger partial charge >= 0.3 is 0 Å². The van der Waals surface area contributed by atoms with E-state index in [1.54, 1.807) is 10.9 Å². The molecule has 7 heteroatoms. The number of rotatable bonds is 4. The Labute approximate surface area is 105 Å². The van der Waals surface area contributed by atoms with Crippen molar-refractivity contribution in [2.24, 2.45) is 5.92 Å². The number of hydrogen-bond acceptors (Lipinski definition) is 5. The SMILES string of the molecule is O=C(NCC1CC(O)C1)c1cn(C2CNC2)nn1. The van der Waals surface area contributed by atoms with Crippen molar-refractivity contribution in [3.05, 3.63) is 11.9 Å². The first kappa shape index (κ1) is 11.6. The number of amides is 1. The lowest BCUT2D eigenvalue weighted by Gasteiger charge is -2.31. The maximum atomic E-state index is 11.8. The minimum atomic E-state index is -0.185. The van der Waals surface area contributed by atoms with Crippen molar-refractivity contribution >= 4 is 5.91 Å². The van der Waals surface area contributed by atoms with Crippen LogP contribution in [0.3, 0.4) is 0 Å². The molecule has 3 rings (SSSR count). The van der Waals surface area contributed by atoms with Crippen LogP contribution in [0.15, 0.2) is 6.20 Å². The highest BCUT2D eigenvalue weighted by Gasteiger charge is 2.28. The number of nitrogens with one attached hydrogen (secondary N) is 2. The van der Waals surface area contributed by atoms with E-state index in [1.807, 2.05) is 0 Å². The van der Waals surface area contributed by atoms with Gasteiger partial charge in [0.1, 0.15) is 0 Å². The maximum Gasteiger partial charge on any atom is 0.273 e. The molecular weight excluding hydrogens is 234 g/mol. The average Bonchev–Trinajstić information content (AvgIpc) is 2.69. The molecule has 1 amide bonds. The van der Waals surface area contributed by atoms with E-state index in [4.69, 9.17) is 5.11 Å². The molecule has 98 valence electrons. The molecule has 2 heterocycles. The second kappa shape index (κ2) is 4.66. The fourth-order valence-electron chi connectivity index (χ4n) is 2.21. The minimum Gasteiger partial charge on any atom is -0.393 e. The van der Waals surface area contributed by atoms with Crippen molar-refractivity contribution in [3.8, 4) is 0 Å². The number of nitrogens with zero attached hydrogens (tertiary/aromatic N) is 3. The molecule has 2 fully saturated rings. The van der Waals surface area contributed by atoms with Gasteiger partial charge in [0.15, 0.2) is 5.69 Å². The van der Waals surface area contributed by atoms with Crippen LogP contribution < -0.4 is 10.6 Å². The summed E-state index contributed by atoms with van der Waals surface area (Å²) in [6.45, 7) is 2.36. The summed E-state index contributed by atoms with van der Waals surface area (Å²) in [6.07, 6.45) is 3.07. The molecular formula is C11H17N5O2. The van der Waals surface area contributed by atoms with Crippen LogP contribution in [0, 0.1) is 5.92 Å². The van der Waals surface area contributed by atoms with Crippen molar-refractivity contribution in [1.82, 2.24) is 25.6 Å². The van der Waals surface area contributed by atoms with Crippen molar-refractivity contribution in [1.29, 1.82) is 0 Å². The third-order valence-corrected chi connectivity index (χ3v) is 3.64. The smallest absolute Gasteiger partial charge is 0.273 e. The lowest BCUT2D eigenvalue weighted by atomic mass is 9.82. The van der Waals surface area contributed by atoms with Crippen LogP contribution in [0.4, 0.5) is 0 Å². The molecule has 18 heavy (non-hydrogen) atoms. The third kappa shape index (κ3) is 2.23. The molecule has 0 bridgehead atoms. The molecule has 1 aromatic heterocycles. The maximum absolute atomic E-state index is 11.8. The second-order valence-electron chi connectivity index (χ2n) is 5.10. The Morgan fingerprint density at radius 1 is 1.56 bits per heavy atom. The molecule has 1 aromatic rings. The van der Waals surface area contributed by atoms with Crippen LogP contribution in [0.2, 0.25) is 0 Å². The molecule has 0 aromatic carbocycles. The summed E-state index contributed by atoms with van der Waals surface area (Å²) in [5, 5.41) is 23.0. The highest BCUT2D eigenvalue weighted by atomic mass is 16.3. The van der Waals surface area contributed by atoms with E-state index in [0.717, 1.165) is 25.9 Å². The normalized spacial score (nSPS) is 27.4. The van der Waals surface area contributed by atoms with Gasteiger partial charge in [-0.15, -0.1) is 5.10 Å². The summed E-state index contributed by atoms with van der Waals surface area (Å²) < 4.78 is 1.73. The molecule has 1 saturated carbocycles. The van der Waals surface area contributed by atoms with Crippen LogP contribution >= 0.6 is 0 Å².